The summed E-state index contributed by atoms with van der Waals surface area (Å²) in [6.07, 6.45) is 23.7. The van der Waals surface area contributed by atoms with Crippen molar-refractivity contribution < 1.29 is 0 Å². The van der Waals surface area contributed by atoms with Crippen LogP contribution in [0.2, 0.25) is 0 Å². The molecule has 0 heteroatoms. The van der Waals surface area contributed by atoms with Crippen molar-refractivity contribution in [2.24, 2.45) is 11.8 Å². The van der Waals surface area contributed by atoms with Crippen LogP contribution in [0, 0.1) is 11.8 Å². The molecule has 0 fully saturated rings. The lowest BCUT2D eigenvalue weighted by Crippen LogP contribution is -2.15. The largest absolute Gasteiger partial charge is 0.0761 e. The van der Waals surface area contributed by atoms with Gasteiger partial charge in [-0.25, -0.2) is 0 Å². The first kappa shape index (κ1) is 34.8. The Bertz CT molecular complexity index is 3380. The Kier molecular flexibility index (Phi) is 7.41. The summed E-state index contributed by atoms with van der Waals surface area (Å²) in [5, 5.41) is 7.93. The van der Waals surface area contributed by atoms with Gasteiger partial charge in [0.2, 0.25) is 0 Å². The maximum atomic E-state index is 2.51. The molecule has 0 aromatic heterocycles. The van der Waals surface area contributed by atoms with Crippen LogP contribution in [0.25, 0.3) is 76.8 Å². The van der Waals surface area contributed by atoms with Crippen LogP contribution >= 0.6 is 0 Å². The molecular weight excluding hydrogens is 733 g/mol. The maximum Gasteiger partial charge on any atom is 0.0159 e. The van der Waals surface area contributed by atoms with E-state index in [0.717, 1.165) is 0 Å². The van der Waals surface area contributed by atoms with Crippen molar-refractivity contribution in [3.63, 3.8) is 0 Å². The second-order valence-electron chi connectivity index (χ2n) is 18.4. The molecule has 0 spiro atoms. The second kappa shape index (κ2) is 13.0. The van der Waals surface area contributed by atoms with E-state index in [4.69, 9.17) is 0 Å². The summed E-state index contributed by atoms with van der Waals surface area (Å²) < 4.78 is 0. The summed E-state index contributed by atoms with van der Waals surface area (Å²) in [5.41, 5.74) is 18.6. The summed E-state index contributed by atoms with van der Waals surface area (Å²) in [7, 11) is 0. The molecule has 0 saturated carbocycles. The van der Waals surface area contributed by atoms with E-state index in [2.05, 4.69) is 220 Å². The average Bonchev–Trinajstić information content (AvgIpc) is 3.76. The minimum Gasteiger partial charge on any atom is -0.0761 e. The quantitative estimate of drug-likeness (QED) is 0.167. The molecule has 0 N–H and O–H groups in total. The van der Waals surface area contributed by atoms with Crippen LogP contribution in [0.5, 0.6) is 0 Å². The molecule has 61 heavy (non-hydrogen) atoms. The molecule has 8 aromatic carbocycles. The minimum absolute atomic E-state index is 0.104. The van der Waals surface area contributed by atoms with Crippen LogP contribution in [-0.4, -0.2) is 0 Å². The van der Waals surface area contributed by atoms with Gasteiger partial charge in [0.25, 0.3) is 0 Å². The van der Waals surface area contributed by atoms with Crippen LogP contribution < -0.4 is 0 Å². The third-order valence-electron chi connectivity index (χ3n) is 14.7. The Morgan fingerprint density at radius 3 is 1.62 bits per heavy atom. The highest BCUT2D eigenvalue weighted by molar-refractivity contribution is 6.02. The first-order chi connectivity index (χ1) is 29.9. The number of hydrogen-bond donors (Lipinski definition) is 0. The highest BCUT2D eigenvalue weighted by Gasteiger charge is 2.36. The Labute approximate surface area is 357 Å². The highest BCUT2D eigenvalue weighted by atomic mass is 14.4. The fourth-order valence-electron chi connectivity index (χ4n) is 11.5. The molecule has 288 valence electrons. The monoisotopic (exact) mass is 776 g/mol. The van der Waals surface area contributed by atoms with Crippen LogP contribution in [-0.2, 0) is 5.41 Å². The average molecular weight is 777 g/mol. The first-order valence-electron chi connectivity index (χ1n) is 22.0. The lowest BCUT2D eigenvalue weighted by Gasteiger charge is -2.26. The van der Waals surface area contributed by atoms with E-state index >= 15 is 0 Å². The zero-order valence-corrected chi connectivity index (χ0v) is 34.4. The Balaban J connectivity index is 0.786. The summed E-state index contributed by atoms with van der Waals surface area (Å²) in [6.45, 7) is 4.78. The van der Waals surface area contributed by atoms with Gasteiger partial charge < -0.3 is 0 Å². The van der Waals surface area contributed by atoms with Gasteiger partial charge in [-0.15, -0.1) is 0 Å². The predicted molar refractivity (Wildman–Crippen MR) is 259 cm³/mol. The molecule has 5 aliphatic carbocycles. The summed E-state index contributed by atoms with van der Waals surface area (Å²) >= 11 is 0. The third kappa shape index (κ3) is 5.31. The molecule has 0 bridgehead atoms. The molecule has 0 nitrogen and oxygen atoms in total. The number of benzene rings is 8. The predicted octanol–water partition coefficient (Wildman–Crippen LogP) is 15.9. The molecule has 0 heterocycles. The number of hydrogen-bond acceptors (Lipinski definition) is 0. The first-order valence-corrected chi connectivity index (χ1v) is 22.0. The van der Waals surface area contributed by atoms with Crippen LogP contribution in [0.3, 0.4) is 0 Å². The number of fused-ring (bicyclic) bond motifs is 9. The molecule has 0 radical (unpaired) electrons. The smallest absolute Gasteiger partial charge is 0.0159 e. The maximum absolute atomic E-state index is 2.51. The normalized spacial score (nSPS) is 21.0. The van der Waals surface area contributed by atoms with Crippen molar-refractivity contribution in [3.8, 4) is 33.4 Å². The minimum atomic E-state index is -0.104. The van der Waals surface area contributed by atoms with Crippen molar-refractivity contribution >= 4 is 43.5 Å². The van der Waals surface area contributed by atoms with Gasteiger partial charge in [-0.1, -0.05) is 190 Å². The van der Waals surface area contributed by atoms with Gasteiger partial charge in [0.1, 0.15) is 0 Å². The van der Waals surface area contributed by atoms with Crippen molar-refractivity contribution in [2.45, 2.75) is 31.1 Å². The van der Waals surface area contributed by atoms with Gasteiger partial charge in [0.15, 0.2) is 0 Å². The van der Waals surface area contributed by atoms with E-state index < -0.39 is 0 Å². The molecule has 4 unspecified atom stereocenters. The molecule has 0 amide bonds. The Morgan fingerprint density at radius 1 is 0.393 bits per heavy atom. The summed E-state index contributed by atoms with van der Waals surface area (Å²) in [4.78, 5) is 0. The van der Waals surface area contributed by atoms with E-state index in [9.17, 15) is 0 Å². The standard InChI is InChI=1S/C61H44/c1-61(2)58-35-46(43-17-14-37-8-3-4-9-39(37)30-43)24-26-53(58)54-27-25-47(36-59(54)61)44-22-21-40-31-42(20-19-41(40)32-44)45-18-15-38-16-23-48(34-49(38)33-45)50-28-29-57-52-11-6-5-10-51(52)56-13-7-12-55(50)60(56)57/h3-36,38,49,51-52H,1-2H3. The lowest BCUT2D eigenvalue weighted by atomic mass is 9.78. The second-order valence-corrected chi connectivity index (χ2v) is 18.4. The van der Waals surface area contributed by atoms with Crippen LogP contribution in [0.4, 0.5) is 0 Å². The molecule has 4 atom stereocenters. The van der Waals surface area contributed by atoms with Crippen molar-refractivity contribution in [1.29, 1.82) is 0 Å². The van der Waals surface area contributed by atoms with Crippen molar-refractivity contribution in [2.75, 3.05) is 0 Å². The number of allylic oxidation sites excluding steroid dienone is 12. The van der Waals surface area contributed by atoms with Crippen LogP contribution in [0.1, 0.15) is 59.1 Å². The van der Waals surface area contributed by atoms with E-state index in [1.54, 1.807) is 0 Å². The van der Waals surface area contributed by atoms with Gasteiger partial charge in [-0.3, -0.25) is 0 Å². The molecule has 8 aromatic rings. The molecular formula is C61H44. The highest BCUT2D eigenvalue weighted by Crippen LogP contribution is 2.52. The fraction of sp³-hybridized carbons (Fsp3) is 0.115. The van der Waals surface area contributed by atoms with Gasteiger partial charge in [0.05, 0.1) is 0 Å². The van der Waals surface area contributed by atoms with Gasteiger partial charge in [0, 0.05) is 29.1 Å². The van der Waals surface area contributed by atoms with Gasteiger partial charge >= 0.3 is 0 Å². The van der Waals surface area contributed by atoms with E-state index in [-0.39, 0.29) is 5.41 Å². The topological polar surface area (TPSA) is 0 Å². The molecule has 0 aliphatic heterocycles. The van der Waals surface area contributed by atoms with Crippen molar-refractivity contribution in [3.05, 3.63) is 240 Å². The SMILES string of the molecule is CC1(C)c2cc(-c3ccc4ccccc4c3)ccc2-c2ccc(-c3ccc4cc(C5=CC6C=C(c7ccc8c9c(cccc79)C7C=CC=CC87)C=CC6C=C5)ccc4c3)cc21. The number of rotatable bonds is 4. The van der Waals surface area contributed by atoms with E-state index in [1.807, 2.05) is 0 Å². The summed E-state index contributed by atoms with van der Waals surface area (Å²) in [6, 6.07) is 55.3. The molecule has 5 aliphatic rings. The Morgan fingerprint density at radius 2 is 0.918 bits per heavy atom. The van der Waals surface area contributed by atoms with E-state index in [0.29, 0.717) is 23.7 Å². The Hall–Kier alpha value is -7.02. The summed E-state index contributed by atoms with van der Waals surface area (Å²) in [5.74, 6) is 1.59. The molecule has 0 saturated heterocycles. The molecule has 13 rings (SSSR count). The fourth-order valence-corrected chi connectivity index (χ4v) is 11.5. The van der Waals surface area contributed by atoms with Gasteiger partial charge in [-0.05, 0) is 141 Å². The van der Waals surface area contributed by atoms with Gasteiger partial charge in [-0.2, -0.15) is 0 Å². The van der Waals surface area contributed by atoms with Crippen molar-refractivity contribution in [1.82, 2.24) is 0 Å². The zero-order chi connectivity index (χ0) is 40.4. The lowest BCUT2D eigenvalue weighted by molar-refractivity contribution is 0.661. The van der Waals surface area contributed by atoms with Crippen LogP contribution in [0.15, 0.2) is 206 Å². The third-order valence-corrected chi connectivity index (χ3v) is 14.7. The van der Waals surface area contributed by atoms with E-state index in [1.165, 1.54) is 110 Å². The zero-order valence-electron chi connectivity index (χ0n) is 34.4.